The van der Waals surface area contributed by atoms with Crippen LogP contribution in [0, 0.1) is 0 Å². The first-order chi connectivity index (χ1) is 7.18. The highest BCUT2D eigenvalue weighted by Gasteiger charge is 2.28. The Bertz CT molecular complexity index is 333. The van der Waals surface area contributed by atoms with Gasteiger partial charge >= 0.3 is 6.03 Å². The molecule has 1 aromatic heterocycles. The predicted molar refractivity (Wildman–Crippen MR) is 56.5 cm³/mol. The van der Waals surface area contributed by atoms with Crippen molar-refractivity contribution in [1.82, 2.24) is 19.6 Å². The van der Waals surface area contributed by atoms with E-state index >= 15 is 0 Å². The van der Waals surface area contributed by atoms with Crippen molar-refractivity contribution in [2.75, 3.05) is 27.2 Å². The van der Waals surface area contributed by atoms with Crippen LogP contribution in [0.15, 0.2) is 18.5 Å². The molecular weight excluding hydrogens is 192 g/mol. The molecule has 1 aromatic rings. The molecule has 0 saturated carbocycles. The Morgan fingerprint density at radius 2 is 2.33 bits per heavy atom. The molecule has 5 nitrogen and oxygen atoms in total. The molecule has 2 rings (SSSR count). The van der Waals surface area contributed by atoms with E-state index in [2.05, 4.69) is 5.10 Å². The van der Waals surface area contributed by atoms with Gasteiger partial charge in [-0.15, -0.1) is 0 Å². The van der Waals surface area contributed by atoms with Gasteiger partial charge in [0.25, 0.3) is 0 Å². The molecule has 1 atom stereocenters. The molecule has 1 saturated heterocycles. The number of aromatic nitrogens is 2. The van der Waals surface area contributed by atoms with Crippen LogP contribution in [-0.4, -0.2) is 52.8 Å². The second kappa shape index (κ2) is 3.92. The molecule has 0 N–H and O–H groups in total. The first kappa shape index (κ1) is 10.0. The molecule has 82 valence electrons. The fourth-order valence-corrected chi connectivity index (χ4v) is 1.91. The zero-order valence-electron chi connectivity index (χ0n) is 9.13. The lowest BCUT2D eigenvalue weighted by Crippen LogP contribution is -2.37. The molecule has 0 bridgehead atoms. The average Bonchev–Trinajstić information content (AvgIpc) is 2.86. The number of hydrogen-bond acceptors (Lipinski definition) is 2. The van der Waals surface area contributed by atoms with E-state index in [-0.39, 0.29) is 6.03 Å². The largest absolute Gasteiger partial charge is 0.331 e. The van der Waals surface area contributed by atoms with Crippen molar-refractivity contribution in [3.8, 4) is 0 Å². The number of carbonyl (C=O) groups excluding carboxylic acids is 1. The number of urea groups is 1. The molecular formula is C10H16N4O. The molecule has 15 heavy (non-hydrogen) atoms. The van der Waals surface area contributed by atoms with Crippen molar-refractivity contribution in [1.29, 1.82) is 0 Å². The predicted octanol–water partition coefficient (Wildman–Crippen LogP) is 0.812. The lowest BCUT2D eigenvalue weighted by molar-refractivity contribution is 0.180. The van der Waals surface area contributed by atoms with Gasteiger partial charge in [-0.3, -0.25) is 4.68 Å². The van der Waals surface area contributed by atoms with E-state index in [0.29, 0.717) is 6.04 Å². The SMILES string of the molecule is CN(C)C(=O)N1CCC(n2cccn2)C1. The van der Waals surface area contributed by atoms with E-state index in [9.17, 15) is 4.79 Å². The molecule has 0 aromatic carbocycles. The maximum absolute atomic E-state index is 11.7. The highest BCUT2D eigenvalue weighted by molar-refractivity contribution is 5.74. The molecule has 0 radical (unpaired) electrons. The minimum atomic E-state index is 0.0876. The second-order valence-electron chi connectivity index (χ2n) is 4.05. The maximum Gasteiger partial charge on any atom is 0.319 e. The fraction of sp³-hybridized carbons (Fsp3) is 0.600. The van der Waals surface area contributed by atoms with Gasteiger partial charge in [-0.25, -0.2) is 4.79 Å². The second-order valence-corrected chi connectivity index (χ2v) is 4.05. The van der Waals surface area contributed by atoms with Crippen LogP contribution < -0.4 is 0 Å². The van der Waals surface area contributed by atoms with Crippen molar-refractivity contribution in [2.24, 2.45) is 0 Å². The molecule has 1 fully saturated rings. The van der Waals surface area contributed by atoms with E-state index in [1.807, 2.05) is 21.8 Å². The molecule has 1 unspecified atom stereocenters. The smallest absolute Gasteiger partial charge is 0.319 e. The van der Waals surface area contributed by atoms with Crippen molar-refractivity contribution < 1.29 is 4.79 Å². The van der Waals surface area contributed by atoms with Gasteiger partial charge in [0.05, 0.1) is 6.04 Å². The van der Waals surface area contributed by atoms with Crippen molar-refractivity contribution in [2.45, 2.75) is 12.5 Å². The summed E-state index contributed by atoms with van der Waals surface area (Å²) in [6.07, 6.45) is 4.71. The van der Waals surface area contributed by atoms with Gasteiger partial charge in [0, 0.05) is 39.6 Å². The lowest BCUT2D eigenvalue weighted by atomic mass is 10.3. The molecule has 0 spiro atoms. The normalized spacial score (nSPS) is 20.7. The maximum atomic E-state index is 11.7. The van der Waals surface area contributed by atoms with E-state index in [4.69, 9.17) is 0 Å². The van der Waals surface area contributed by atoms with Crippen LogP contribution in [-0.2, 0) is 0 Å². The summed E-state index contributed by atoms with van der Waals surface area (Å²) in [5, 5.41) is 4.20. The molecule has 1 aliphatic heterocycles. The van der Waals surface area contributed by atoms with Crippen molar-refractivity contribution in [3.63, 3.8) is 0 Å². The Kier molecular flexibility index (Phi) is 2.62. The Labute approximate surface area is 89.3 Å². The Hall–Kier alpha value is -1.52. The number of rotatable bonds is 1. The summed E-state index contributed by atoms with van der Waals surface area (Å²) < 4.78 is 1.93. The third-order valence-corrected chi connectivity index (χ3v) is 2.72. The summed E-state index contributed by atoms with van der Waals surface area (Å²) in [6, 6.07) is 2.34. The minimum absolute atomic E-state index is 0.0876. The van der Waals surface area contributed by atoms with Gasteiger partial charge in [-0.2, -0.15) is 5.10 Å². The summed E-state index contributed by atoms with van der Waals surface area (Å²) in [7, 11) is 3.56. The van der Waals surface area contributed by atoms with Crippen LogP contribution in [0.1, 0.15) is 12.5 Å². The van der Waals surface area contributed by atoms with Gasteiger partial charge in [0.15, 0.2) is 0 Å². The van der Waals surface area contributed by atoms with Crippen LogP contribution in [0.25, 0.3) is 0 Å². The third-order valence-electron chi connectivity index (χ3n) is 2.72. The van der Waals surface area contributed by atoms with Crippen LogP contribution in [0.4, 0.5) is 4.79 Å². The molecule has 0 aliphatic carbocycles. The van der Waals surface area contributed by atoms with Crippen LogP contribution in [0.5, 0.6) is 0 Å². The Balaban J connectivity index is 1.98. The van der Waals surface area contributed by atoms with Crippen molar-refractivity contribution in [3.05, 3.63) is 18.5 Å². The van der Waals surface area contributed by atoms with Gasteiger partial charge in [-0.05, 0) is 12.5 Å². The minimum Gasteiger partial charge on any atom is -0.331 e. The standard InChI is InChI=1S/C10H16N4O/c1-12(2)10(15)13-7-4-9(8-13)14-6-3-5-11-14/h3,5-6,9H,4,7-8H2,1-2H3. The average molecular weight is 208 g/mol. The molecule has 2 amide bonds. The highest BCUT2D eigenvalue weighted by Crippen LogP contribution is 2.20. The molecule has 2 heterocycles. The van der Waals surface area contributed by atoms with Gasteiger partial charge in [-0.1, -0.05) is 0 Å². The van der Waals surface area contributed by atoms with Crippen molar-refractivity contribution >= 4 is 6.03 Å². The van der Waals surface area contributed by atoms with Crippen LogP contribution in [0.3, 0.4) is 0 Å². The Morgan fingerprint density at radius 3 is 2.93 bits per heavy atom. The number of nitrogens with zero attached hydrogens (tertiary/aromatic N) is 4. The number of hydrogen-bond donors (Lipinski definition) is 0. The Morgan fingerprint density at radius 1 is 1.53 bits per heavy atom. The summed E-state index contributed by atoms with van der Waals surface area (Å²) in [5.41, 5.74) is 0. The monoisotopic (exact) mass is 208 g/mol. The zero-order chi connectivity index (χ0) is 10.8. The first-order valence-corrected chi connectivity index (χ1v) is 5.14. The van der Waals surface area contributed by atoms with Gasteiger partial charge in [0.2, 0.25) is 0 Å². The quantitative estimate of drug-likeness (QED) is 0.685. The van der Waals surface area contributed by atoms with E-state index in [1.54, 1.807) is 25.2 Å². The van der Waals surface area contributed by atoms with Gasteiger partial charge in [0.1, 0.15) is 0 Å². The topological polar surface area (TPSA) is 41.4 Å². The lowest BCUT2D eigenvalue weighted by Gasteiger charge is -2.21. The van der Waals surface area contributed by atoms with E-state index < -0.39 is 0 Å². The highest BCUT2D eigenvalue weighted by atomic mass is 16.2. The third kappa shape index (κ3) is 1.95. The number of amides is 2. The number of likely N-dealkylation sites (tertiary alicyclic amines) is 1. The summed E-state index contributed by atoms with van der Waals surface area (Å²) in [5.74, 6) is 0. The van der Waals surface area contributed by atoms with Gasteiger partial charge < -0.3 is 9.80 Å². The molecule has 5 heteroatoms. The number of carbonyl (C=O) groups is 1. The summed E-state index contributed by atoms with van der Waals surface area (Å²) in [6.45, 7) is 1.58. The zero-order valence-corrected chi connectivity index (χ0v) is 9.13. The summed E-state index contributed by atoms with van der Waals surface area (Å²) >= 11 is 0. The summed E-state index contributed by atoms with van der Waals surface area (Å²) in [4.78, 5) is 15.2. The van der Waals surface area contributed by atoms with E-state index in [1.165, 1.54) is 0 Å². The van der Waals surface area contributed by atoms with Crippen LogP contribution >= 0.6 is 0 Å². The van der Waals surface area contributed by atoms with E-state index in [0.717, 1.165) is 19.5 Å². The van der Waals surface area contributed by atoms with Crippen LogP contribution in [0.2, 0.25) is 0 Å². The fourth-order valence-electron chi connectivity index (χ4n) is 1.91. The molecule has 1 aliphatic rings. The first-order valence-electron chi connectivity index (χ1n) is 5.14.